The van der Waals surface area contributed by atoms with E-state index in [0.717, 1.165) is 40.7 Å². The van der Waals surface area contributed by atoms with Crippen LogP contribution in [0.15, 0.2) is 41.1 Å². The van der Waals surface area contributed by atoms with E-state index in [1.54, 1.807) is 0 Å². The molecule has 0 saturated heterocycles. The molecule has 3 aromatic rings. The molecule has 1 aliphatic rings. The third-order valence-corrected chi connectivity index (χ3v) is 4.66. The van der Waals surface area contributed by atoms with Crippen LogP contribution in [0.4, 0.5) is 5.69 Å². The van der Waals surface area contributed by atoms with Crippen LogP contribution in [-0.2, 0) is 6.54 Å². The Hall–Kier alpha value is -3.28. The van der Waals surface area contributed by atoms with Crippen molar-refractivity contribution in [1.82, 2.24) is 15.0 Å². The molecule has 3 heterocycles. The van der Waals surface area contributed by atoms with Crippen LogP contribution in [0, 0.1) is 20.8 Å². The fourth-order valence-electron chi connectivity index (χ4n) is 3.37. The summed E-state index contributed by atoms with van der Waals surface area (Å²) in [7, 11) is 0. The molecule has 0 fully saturated rings. The average Bonchev–Trinajstić information content (AvgIpc) is 3.01. The van der Waals surface area contributed by atoms with Crippen LogP contribution in [0.5, 0.6) is 5.75 Å². The summed E-state index contributed by atoms with van der Waals surface area (Å²) >= 11 is 0. The summed E-state index contributed by atoms with van der Waals surface area (Å²) in [5.74, 6) is 2.24. The molecule has 0 radical (unpaired) electrons. The molecule has 28 heavy (non-hydrogen) atoms. The van der Waals surface area contributed by atoms with Gasteiger partial charge in [0.05, 0.1) is 18.8 Å². The minimum Gasteiger partial charge on any atom is -0.492 e. The molecule has 0 spiro atoms. The van der Waals surface area contributed by atoms with Crippen molar-refractivity contribution in [3.63, 3.8) is 0 Å². The lowest BCUT2D eigenvalue weighted by molar-refractivity contribution is 0.338. The van der Waals surface area contributed by atoms with Gasteiger partial charge in [0.2, 0.25) is 0 Å². The van der Waals surface area contributed by atoms with Crippen LogP contribution in [-0.4, -0.2) is 21.6 Å². The van der Waals surface area contributed by atoms with Crippen molar-refractivity contribution >= 4 is 11.8 Å². The average molecular weight is 376 g/mol. The SMILES string of the molecule is CCOc1cc(-c2nc(C)oc2C)ccc1NN1C=Cc2cc(C)ncc2C1. The van der Waals surface area contributed by atoms with Crippen LogP contribution in [0.2, 0.25) is 0 Å². The molecule has 0 amide bonds. The molecular formula is C22H24N4O2. The first kappa shape index (κ1) is 18.1. The summed E-state index contributed by atoms with van der Waals surface area (Å²) < 4.78 is 11.5. The molecule has 1 N–H and O–H groups in total. The van der Waals surface area contributed by atoms with Crippen molar-refractivity contribution < 1.29 is 9.15 Å². The lowest BCUT2D eigenvalue weighted by Gasteiger charge is -2.27. The van der Waals surface area contributed by atoms with Crippen molar-refractivity contribution in [3.05, 3.63) is 65.1 Å². The molecule has 6 heteroatoms. The normalized spacial score (nSPS) is 12.8. The molecule has 1 aromatic carbocycles. The zero-order valence-corrected chi connectivity index (χ0v) is 16.6. The number of anilines is 1. The number of rotatable bonds is 5. The van der Waals surface area contributed by atoms with Gasteiger partial charge in [-0.15, -0.1) is 0 Å². The number of oxazole rings is 1. The number of benzene rings is 1. The first-order valence-corrected chi connectivity index (χ1v) is 9.41. The molecule has 2 aromatic heterocycles. The molecule has 0 aliphatic carbocycles. The van der Waals surface area contributed by atoms with Gasteiger partial charge in [-0.2, -0.15) is 0 Å². The van der Waals surface area contributed by atoms with Gasteiger partial charge in [0.15, 0.2) is 5.89 Å². The van der Waals surface area contributed by atoms with E-state index in [-0.39, 0.29) is 0 Å². The molecule has 144 valence electrons. The summed E-state index contributed by atoms with van der Waals surface area (Å²) in [5, 5.41) is 2.03. The Bertz CT molecular complexity index is 1040. The third-order valence-electron chi connectivity index (χ3n) is 4.66. The number of hydrazine groups is 1. The predicted molar refractivity (Wildman–Crippen MR) is 110 cm³/mol. The minimum atomic E-state index is 0.580. The van der Waals surface area contributed by atoms with E-state index in [9.17, 15) is 0 Å². The van der Waals surface area contributed by atoms with Crippen molar-refractivity contribution in [1.29, 1.82) is 0 Å². The van der Waals surface area contributed by atoms with Crippen LogP contribution < -0.4 is 10.2 Å². The zero-order valence-electron chi connectivity index (χ0n) is 16.6. The summed E-state index contributed by atoms with van der Waals surface area (Å²) in [6.07, 6.45) is 6.07. The van der Waals surface area contributed by atoms with E-state index in [0.29, 0.717) is 12.5 Å². The summed E-state index contributed by atoms with van der Waals surface area (Å²) in [6.45, 7) is 9.07. The Morgan fingerprint density at radius 3 is 2.82 bits per heavy atom. The van der Waals surface area contributed by atoms with Crippen LogP contribution in [0.3, 0.4) is 0 Å². The van der Waals surface area contributed by atoms with Gasteiger partial charge < -0.3 is 9.15 Å². The Morgan fingerprint density at radius 1 is 1.21 bits per heavy atom. The van der Waals surface area contributed by atoms with Gasteiger partial charge in [-0.1, -0.05) is 6.07 Å². The van der Waals surface area contributed by atoms with Crippen LogP contribution in [0.1, 0.15) is 35.4 Å². The maximum atomic E-state index is 5.89. The largest absolute Gasteiger partial charge is 0.492 e. The maximum Gasteiger partial charge on any atom is 0.191 e. The van der Waals surface area contributed by atoms with Gasteiger partial charge in [-0.3, -0.25) is 15.4 Å². The smallest absolute Gasteiger partial charge is 0.191 e. The molecule has 0 saturated carbocycles. The Morgan fingerprint density at radius 2 is 2.07 bits per heavy atom. The number of nitrogens with one attached hydrogen (secondary N) is 1. The highest BCUT2D eigenvalue weighted by Gasteiger charge is 2.16. The summed E-state index contributed by atoms with van der Waals surface area (Å²) in [4.78, 5) is 8.90. The monoisotopic (exact) mass is 376 g/mol. The third kappa shape index (κ3) is 3.58. The zero-order chi connectivity index (χ0) is 19.7. The van der Waals surface area contributed by atoms with Crippen LogP contribution in [0.25, 0.3) is 17.3 Å². The Labute approximate surface area is 164 Å². The molecule has 0 bridgehead atoms. The number of aryl methyl sites for hydroxylation is 3. The lowest BCUT2D eigenvalue weighted by Crippen LogP contribution is -2.26. The molecule has 0 atom stereocenters. The topological polar surface area (TPSA) is 63.4 Å². The number of fused-ring (bicyclic) bond motifs is 1. The van der Waals surface area contributed by atoms with E-state index in [1.807, 2.05) is 63.3 Å². The van der Waals surface area contributed by atoms with E-state index < -0.39 is 0 Å². The quantitative estimate of drug-likeness (QED) is 0.685. The lowest BCUT2D eigenvalue weighted by atomic mass is 10.1. The molecule has 4 rings (SSSR count). The van der Waals surface area contributed by atoms with Crippen molar-refractivity contribution in [3.8, 4) is 17.0 Å². The first-order chi connectivity index (χ1) is 13.5. The number of nitrogens with zero attached hydrogens (tertiary/aromatic N) is 3. The van der Waals surface area contributed by atoms with Gasteiger partial charge in [0.1, 0.15) is 17.2 Å². The number of aromatic nitrogens is 2. The molecule has 1 aliphatic heterocycles. The highest BCUT2D eigenvalue weighted by Crippen LogP contribution is 2.33. The number of ether oxygens (including phenoxy) is 1. The minimum absolute atomic E-state index is 0.580. The number of pyridine rings is 1. The first-order valence-electron chi connectivity index (χ1n) is 9.41. The van der Waals surface area contributed by atoms with Gasteiger partial charge in [-0.25, -0.2) is 4.98 Å². The summed E-state index contributed by atoms with van der Waals surface area (Å²) in [5.41, 5.74) is 9.58. The van der Waals surface area contributed by atoms with Crippen molar-refractivity contribution in [2.75, 3.05) is 12.0 Å². The molecule has 6 nitrogen and oxygen atoms in total. The second kappa shape index (κ2) is 7.38. The molecular weight excluding hydrogens is 352 g/mol. The second-order valence-corrected chi connectivity index (χ2v) is 6.86. The molecule has 0 unspecified atom stereocenters. The maximum absolute atomic E-state index is 5.89. The Kier molecular flexibility index (Phi) is 4.77. The predicted octanol–water partition coefficient (Wildman–Crippen LogP) is 4.87. The van der Waals surface area contributed by atoms with Gasteiger partial charge in [0, 0.05) is 30.6 Å². The fraction of sp³-hybridized carbons (Fsp3) is 0.273. The van der Waals surface area contributed by atoms with E-state index >= 15 is 0 Å². The van der Waals surface area contributed by atoms with E-state index in [4.69, 9.17) is 9.15 Å². The van der Waals surface area contributed by atoms with Gasteiger partial charge in [-0.05, 0) is 56.2 Å². The number of hydrogen-bond acceptors (Lipinski definition) is 6. The van der Waals surface area contributed by atoms with Crippen molar-refractivity contribution in [2.24, 2.45) is 0 Å². The van der Waals surface area contributed by atoms with Crippen LogP contribution >= 0.6 is 0 Å². The van der Waals surface area contributed by atoms with Gasteiger partial charge >= 0.3 is 0 Å². The summed E-state index contributed by atoms with van der Waals surface area (Å²) in [6, 6.07) is 8.15. The second-order valence-electron chi connectivity index (χ2n) is 6.86. The highest BCUT2D eigenvalue weighted by molar-refractivity contribution is 5.70. The standard InChI is InChI=1S/C22H24N4O2/c1-5-27-21-11-18(22-15(3)28-16(4)24-22)6-7-20(21)25-26-9-8-17-10-14(2)23-12-19(17)13-26/h6-12,25H,5,13H2,1-4H3. The van der Waals surface area contributed by atoms with Crippen molar-refractivity contribution in [2.45, 2.75) is 34.2 Å². The van der Waals surface area contributed by atoms with Gasteiger partial charge in [0.25, 0.3) is 0 Å². The Balaban J connectivity index is 1.60. The fourth-order valence-corrected chi connectivity index (χ4v) is 3.37. The van der Waals surface area contributed by atoms with E-state index in [2.05, 4.69) is 27.5 Å². The van der Waals surface area contributed by atoms with E-state index in [1.165, 1.54) is 11.1 Å². The number of hydrogen-bond donors (Lipinski definition) is 1. The highest BCUT2D eigenvalue weighted by atomic mass is 16.5.